The van der Waals surface area contributed by atoms with E-state index in [0.29, 0.717) is 0 Å². The number of hydrogen-bond acceptors (Lipinski definition) is 5. The summed E-state index contributed by atoms with van der Waals surface area (Å²) in [7, 11) is 5.38. The number of anilines is 2. The van der Waals surface area contributed by atoms with Gasteiger partial charge in [-0.05, 0) is 12.1 Å². The fourth-order valence-electron chi connectivity index (χ4n) is 2.53. The van der Waals surface area contributed by atoms with Crippen molar-refractivity contribution in [3.8, 4) is 5.75 Å². The monoisotopic (exact) mass is 279 g/mol. The van der Waals surface area contributed by atoms with Gasteiger partial charge in [0.15, 0.2) is 0 Å². The number of ether oxygens (including phenoxy) is 2. The summed E-state index contributed by atoms with van der Waals surface area (Å²) in [5.41, 5.74) is 2.25. The number of benzene rings is 1. The molecule has 112 valence electrons. The van der Waals surface area contributed by atoms with Crippen molar-refractivity contribution in [2.24, 2.45) is 0 Å². The van der Waals surface area contributed by atoms with Crippen LogP contribution in [-0.2, 0) is 4.74 Å². The van der Waals surface area contributed by atoms with Crippen molar-refractivity contribution in [1.82, 2.24) is 4.90 Å². The quantitative estimate of drug-likeness (QED) is 0.854. The molecule has 1 heterocycles. The summed E-state index contributed by atoms with van der Waals surface area (Å²) in [5, 5.41) is 3.14. The molecule has 0 aromatic heterocycles. The predicted molar refractivity (Wildman–Crippen MR) is 83.1 cm³/mol. The van der Waals surface area contributed by atoms with Crippen LogP contribution in [0.4, 0.5) is 11.4 Å². The molecule has 20 heavy (non-hydrogen) atoms. The summed E-state index contributed by atoms with van der Waals surface area (Å²) in [4.78, 5) is 4.85. The van der Waals surface area contributed by atoms with E-state index in [4.69, 9.17) is 9.47 Å². The Morgan fingerprint density at radius 3 is 2.50 bits per heavy atom. The van der Waals surface area contributed by atoms with Gasteiger partial charge in [0.1, 0.15) is 5.75 Å². The molecule has 1 saturated heterocycles. The third kappa shape index (κ3) is 3.55. The number of piperazine rings is 1. The predicted octanol–water partition coefficient (Wildman–Crippen LogP) is 1.51. The second-order valence-corrected chi connectivity index (χ2v) is 4.96. The van der Waals surface area contributed by atoms with Gasteiger partial charge in [0.25, 0.3) is 0 Å². The van der Waals surface area contributed by atoms with E-state index in [1.807, 2.05) is 7.05 Å². The normalized spacial score (nSPS) is 16.2. The van der Waals surface area contributed by atoms with Crippen molar-refractivity contribution in [3.05, 3.63) is 18.2 Å². The number of nitrogens with zero attached hydrogens (tertiary/aromatic N) is 2. The Bertz CT molecular complexity index is 418. The lowest BCUT2D eigenvalue weighted by atomic mass is 10.2. The lowest BCUT2D eigenvalue weighted by Gasteiger charge is -2.36. The molecule has 5 nitrogen and oxygen atoms in total. The van der Waals surface area contributed by atoms with Crippen LogP contribution in [0.3, 0.4) is 0 Å². The number of rotatable bonds is 6. The highest BCUT2D eigenvalue weighted by atomic mass is 16.5. The van der Waals surface area contributed by atoms with Gasteiger partial charge < -0.3 is 19.7 Å². The highest BCUT2D eigenvalue weighted by Crippen LogP contribution is 2.29. The molecule has 0 unspecified atom stereocenters. The molecule has 1 fully saturated rings. The Hall–Kier alpha value is -1.46. The largest absolute Gasteiger partial charge is 0.495 e. The molecule has 0 amide bonds. The van der Waals surface area contributed by atoms with E-state index in [2.05, 4.69) is 33.3 Å². The first-order chi connectivity index (χ1) is 9.78. The molecule has 0 saturated carbocycles. The Labute approximate surface area is 121 Å². The van der Waals surface area contributed by atoms with E-state index in [0.717, 1.165) is 50.8 Å². The second-order valence-electron chi connectivity index (χ2n) is 4.96. The SMILES string of the molecule is CNc1ccc(N2CCN(CCOC)CC2)cc1OC. The van der Waals surface area contributed by atoms with Crippen LogP contribution in [0.15, 0.2) is 18.2 Å². The van der Waals surface area contributed by atoms with E-state index in [1.54, 1.807) is 14.2 Å². The molecule has 1 aromatic carbocycles. The third-order valence-corrected chi connectivity index (χ3v) is 3.80. The van der Waals surface area contributed by atoms with E-state index in [9.17, 15) is 0 Å². The molecule has 0 radical (unpaired) electrons. The first kappa shape index (κ1) is 14.9. The Balaban J connectivity index is 1.96. The maximum absolute atomic E-state index is 5.43. The molecular formula is C15H25N3O2. The smallest absolute Gasteiger partial charge is 0.144 e. The van der Waals surface area contributed by atoms with Crippen LogP contribution in [0.5, 0.6) is 5.75 Å². The van der Waals surface area contributed by atoms with Crippen molar-refractivity contribution in [2.45, 2.75) is 0 Å². The van der Waals surface area contributed by atoms with Crippen LogP contribution in [0.2, 0.25) is 0 Å². The third-order valence-electron chi connectivity index (χ3n) is 3.80. The Morgan fingerprint density at radius 1 is 1.15 bits per heavy atom. The van der Waals surface area contributed by atoms with E-state index in [-0.39, 0.29) is 0 Å². The van der Waals surface area contributed by atoms with Crippen molar-refractivity contribution < 1.29 is 9.47 Å². The average Bonchev–Trinajstić information content (AvgIpc) is 2.52. The number of hydrogen-bond donors (Lipinski definition) is 1. The number of nitrogens with one attached hydrogen (secondary N) is 1. The Morgan fingerprint density at radius 2 is 1.90 bits per heavy atom. The van der Waals surface area contributed by atoms with Gasteiger partial charge in [-0.1, -0.05) is 0 Å². The maximum Gasteiger partial charge on any atom is 0.144 e. The summed E-state index contributed by atoms with van der Waals surface area (Å²) < 4.78 is 10.6. The maximum atomic E-state index is 5.43. The lowest BCUT2D eigenvalue weighted by Crippen LogP contribution is -2.47. The van der Waals surface area contributed by atoms with Crippen molar-refractivity contribution in [2.75, 3.05) is 70.8 Å². The van der Waals surface area contributed by atoms with Crippen molar-refractivity contribution in [1.29, 1.82) is 0 Å². The summed E-state index contributed by atoms with van der Waals surface area (Å²) >= 11 is 0. The second kappa shape index (κ2) is 7.36. The van der Waals surface area contributed by atoms with Crippen LogP contribution in [0.25, 0.3) is 0 Å². The molecule has 1 aromatic rings. The van der Waals surface area contributed by atoms with Gasteiger partial charge in [0, 0.05) is 58.6 Å². The number of methoxy groups -OCH3 is 2. The fourth-order valence-corrected chi connectivity index (χ4v) is 2.53. The molecule has 0 atom stereocenters. The summed E-state index contributed by atoms with van der Waals surface area (Å²) in [6.45, 7) is 6.09. The van der Waals surface area contributed by atoms with Crippen molar-refractivity contribution >= 4 is 11.4 Å². The minimum absolute atomic E-state index is 0.810. The minimum atomic E-state index is 0.810. The van der Waals surface area contributed by atoms with Crippen LogP contribution in [0, 0.1) is 0 Å². The fraction of sp³-hybridized carbons (Fsp3) is 0.600. The van der Waals surface area contributed by atoms with Crippen LogP contribution < -0.4 is 15.0 Å². The summed E-state index contributed by atoms with van der Waals surface area (Å²) in [6, 6.07) is 6.33. The van der Waals surface area contributed by atoms with E-state index >= 15 is 0 Å². The zero-order chi connectivity index (χ0) is 14.4. The van der Waals surface area contributed by atoms with Gasteiger partial charge in [-0.25, -0.2) is 0 Å². The molecular weight excluding hydrogens is 254 g/mol. The van der Waals surface area contributed by atoms with Gasteiger partial charge in [-0.2, -0.15) is 0 Å². The standard InChI is InChI=1S/C15H25N3O2/c1-16-14-5-4-13(12-15(14)20-3)18-8-6-17(7-9-18)10-11-19-2/h4-5,12,16H,6-11H2,1-3H3. The van der Waals surface area contributed by atoms with Gasteiger partial charge >= 0.3 is 0 Å². The molecule has 0 bridgehead atoms. The van der Waals surface area contributed by atoms with E-state index in [1.165, 1.54) is 5.69 Å². The highest BCUT2D eigenvalue weighted by molar-refractivity contribution is 5.64. The molecule has 0 aliphatic carbocycles. The average molecular weight is 279 g/mol. The highest BCUT2D eigenvalue weighted by Gasteiger charge is 2.17. The summed E-state index contributed by atoms with van der Waals surface area (Å²) in [6.07, 6.45) is 0. The van der Waals surface area contributed by atoms with Crippen molar-refractivity contribution in [3.63, 3.8) is 0 Å². The molecule has 2 rings (SSSR count). The van der Waals surface area contributed by atoms with Crippen LogP contribution >= 0.6 is 0 Å². The van der Waals surface area contributed by atoms with Gasteiger partial charge in [0.2, 0.25) is 0 Å². The molecule has 1 aliphatic rings. The minimum Gasteiger partial charge on any atom is -0.495 e. The van der Waals surface area contributed by atoms with Gasteiger partial charge in [-0.3, -0.25) is 4.90 Å². The summed E-state index contributed by atoms with van der Waals surface area (Å²) in [5.74, 6) is 0.895. The van der Waals surface area contributed by atoms with Gasteiger partial charge in [-0.15, -0.1) is 0 Å². The molecule has 5 heteroatoms. The lowest BCUT2D eigenvalue weighted by molar-refractivity contribution is 0.144. The first-order valence-corrected chi connectivity index (χ1v) is 7.10. The van der Waals surface area contributed by atoms with Gasteiger partial charge in [0.05, 0.1) is 19.4 Å². The van der Waals surface area contributed by atoms with Crippen LogP contribution in [-0.4, -0.2) is 65.5 Å². The zero-order valence-corrected chi connectivity index (χ0v) is 12.7. The molecule has 0 spiro atoms. The first-order valence-electron chi connectivity index (χ1n) is 7.10. The Kier molecular flexibility index (Phi) is 5.49. The molecule has 1 aliphatic heterocycles. The zero-order valence-electron chi connectivity index (χ0n) is 12.7. The van der Waals surface area contributed by atoms with E-state index < -0.39 is 0 Å². The molecule has 1 N–H and O–H groups in total. The topological polar surface area (TPSA) is 37.0 Å². The van der Waals surface area contributed by atoms with Crippen LogP contribution in [0.1, 0.15) is 0 Å².